The van der Waals surface area contributed by atoms with Gasteiger partial charge in [0.1, 0.15) is 5.82 Å². The Morgan fingerprint density at radius 1 is 1.56 bits per heavy atom. The second-order valence-electron chi connectivity index (χ2n) is 4.23. The van der Waals surface area contributed by atoms with E-state index in [-0.39, 0.29) is 24.5 Å². The van der Waals surface area contributed by atoms with Gasteiger partial charge >= 0.3 is 0 Å². The van der Waals surface area contributed by atoms with E-state index in [1.165, 1.54) is 24.4 Å². The van der Waals surface area contributed by atoms with Crippen LogP contribution in [0.4, 0.5) is 4.39 Å². The molecular weight excluding hydrogens is 235 g/mol. The Morgan fingerprint density at radius 2 is 2.28 bits per heavy atom. The highest BCUT2D eigenvalue weighted by Gasteiger charge is 2.11. The van der Waals surface area contributed by atoms with Crippen LogP contribution in [0.2, 0.25) is 0 Å². The Bertz CT molecular complexity index is 435. The summed E-state index contributed by atoms with van der Waals surface area (Å²) in [6.45, 7) is 3.67. The molecule has 0 bridgehead atoms. The van der Waals surface area contributed by atoms with Gasteiger partial charge in [-0.2, -0.15) is 0 Å². The first-order valence-electron chi connectivity index (χ1n) is 5.73. The van der Waals surface area contributed by atoms with E-state index in [0.29, 0.717) is 5.56 Å². The van der Waals surface area contributed by atoms with Crippen molar-refractivity contribution in [2.24, 2.45) is 5.92 Å². The number of carbonyl (C=O) groups excluding carboxylic acids is 1. The second-order valence-corrected chi connectivity index (χ2v) is 4.23. The minimum atomic E-state index is -0.445. The summed E-state index contributed by atoms with van der Waals surface area (Å²) >= 11 is 0. The molecule has 0 aliphatic rings. The Kier molecular flexibility index (Phi) is 5.45. The fraction of sp³-hybridized carbons (Fsp3) is 0.385. The monoisotopic (exact) mass is 252 g/mol. The zero-order chi connectivity index (χ0) is 13.5. The summed E-state index contributed by atoms with van der Waals surface area (Å²) in [6, 6.07) is 1.16. The number of carbonyl (C=O) groups is 1. The molecular formula is C13H17FN2O2. The van der Waals surface area contributed by atoms with Crippen molar-refractivity contribution in [2.45, 2.75) is 19.9 Å². The zero-order valence-electron chi connectivity index (χ0n) is 10.4. The average molecular weight is 252 g/mol. The van der Waals surface area contributed by atoms with E-state index in [2.05, 4.69) is 10.3 Å². The molecule has 1 rings (SSSR count). The van der Waals surface area contributed by atoms with E-state index in [0.717, 1.165) is 6.20 Å². The summed E-state index contributed by atoms with van der Waals surface area (Å²) in [5.74, 6) is -0.745. The second kappa shape index (κ2) is 6.86. The molecule has 1 amide bonds. The number of nitrogens with one attached hydrogen (secondary N) is 1. The van der Waals surface area contributed by atoms with Crippen LogP contribution >= 0.6 is 0 Å². The van der Waals surface area contributed by atoms with Crippen molar-refractivity contribution >= 4 is 12.0 Å². The number of halogens is 1. The van der Waals surface area contributed by atoms with Gasteiger partial charge in [0, 0.05) is 24.9 Å². The Hall–Kier alpha value is -1.75. The van der Waals surface area contributed by atoms with Crippen molar-refractivity contribution < 1.29 is 14.3 Å². The molecule has 2 atom stereocenters. The Balaban J connectivity index is 2.54. The first-order chi connectivity index (χ1) is 8.52. The SMILES string of the molecule is CC(CO)C(C)NC(=O)/C=C/c1cncc(F)c1. The maximum atomic E-state index is 12.8. The summed E-state index contributed by atoms with van der Waals surface area (Å²) in [4.78, 5) is 15.2. The minimum Gasteiger partial charge on any atom is -0.396 e. The van der Waals surface area contributed by atoms with Crippen LogP contribution in [0.5, 0.6) is 0 Å². The van der Waals surface area contributed by atoms with E-state index < -0.39 is 5.82 Å². The van der Waals surface area contributed by atoms with Gasteiger partial charge in [0.25, 0.3) is 0 Å². The maximum absolute atomic E-state index is 12.8. The highest BCUT2D eigenvalue weighted by Crippen LogP contribution is 2.04. The molecule has 0 radical (unpaired) electrons. The fourth-order valence-electron chi connectivity index (χ4n) is 1.26. The van der Waals surface area contributed by atoms with Gasteiger partial charge in [0.15, 0.2) is 0 Å². The van der Waals surface area contributed by atoms with E-state index in [1.807, 2.05) is 13.8 Å². The lowest BCUT2D eigenvalue weighted by Gasteiger charge is -2.17. The average Bonchev–Trinajstić information content (AvgIpc) is 2.35. The number of amides is 1. The van der Waals surface area contributed by atoms with E-state index in [1.54, 1.807) is 0 Å². The molecule has 98 valence electrons. The summed E-state index contributed by atoms with van der Waals surface area (Å²) in [7, 11) is 0. The highest BCUT2D eigenvalue weighted by atomic mass is 19.1. The lowest BCUT2D eigenvalue weighted by Crippen LogP contribution is -2.37. The van der Waals surface area contributed by atoms with Crippen molar-refractivity contribution in [1.29, 1.82) is 0 Å². The number of hydrogen-bond donors (Lipinski definition) is 2. The summed E-state index contributed by atoms with van der Waals surface area (Å²) < 4.78 is 12.8. The fourth-order valence-corrected chi connectivity index (χ4v) is 1.26. The topological polar surface area (TPSA) is 62.2 Å². The quantitative estimate of drug-likeness (QED) is 0.778. The van der Waals surface area contributed by atoms with Crippen molar-refractivity contribution in [3.05, 3.63) is 35.9 Å². The standard InChI is InChI=1S/C13H17FN2O2/c1-9(8-17)10(2)16-13(18)4-3-11-5-12(14)7-15-6-11/h3-7,9-10,17H,8H2,1-2H3,(H,16,18)/b4-3+. The van der Waals surface area contributed by atoms with Crippen LogP contribution in [0.3, 0.4) is 0 Å². The van der Waals surface area contributed by atoms with Crippen LogP contribution in [0.1, 0.15) is 19.4 Å². The predicted octanol–water partition coefficient (Wildman–Crippen LogP) is 1.37. The molecule has 0 saturated carbocycles. The van der Waals surface area contributed by atoms with Gasteiger partial charge in [0.2, 0.25) is 5.91 Å². The van der Waals surface area contributed by atoms with E-state index in [9.17, 15) is 9.18 Å². The molecule has 18 heavy (non-hydrogen) atoms. The molecule has 0 aliphatic heterocycles. The minimum absolute atomic E-state index is 0.0129. The molecule has 0 aliphatic carbocycles. The molecule has 2 N–H and O–H groups in total. The number of aromatic nitrogens is 1. The van der Waals surface area contributed by atoms with E-state index in [4.69, 9.17) is 5.11 Å². The third-order valence-corrected chi connectivity index (χ3v) is 2.66. The van der Waals surface area contributed by atoms with Gasteiger partial charge in [-0.3, -0.25) is 9.78 Å². The summed E-state index contributed by atoms with van der Waals surface area (Å²) in [5.41, 5.74) is 0.521. The number of hydrogen-bond acceptors (Lipinski definition) is 3. The number of aliphatic hydroxyl groups excluding tert-OH is 1. The Morgan fingerprint density at radius 3 is 2.89 bits per heavy atom. The highest BCUT2D eigenvalue weighted by molar-refractivity contribution is 5.91. The van der Waals surface area contributed by atoms with Gasteiger partial charge in [0.05, 0.1) is 6.20 Å². The summed E-state index contributed by atoms with van der Waals surface area (Å²) in [5, 5.41) is 11.7. The van der Waals surface area contributed by atoms with Crippen LogP contribution in [0.15, 0.2) is 24.5 Å². The molecule has 4 nitrogen and oxygen atoms in total. The number of aliphatic hydroxyl groups is 1. The van der Waals surface area contributed by atoms with Crippen LogP contribution in [0.25, 0.3) is 6.08 Å². The predicted molar refractivity (Wildman–Crippen MR) is 67.1 cm³/mol. The molecule has 2 unspecified atom stereocenters. The van der Waals surface area contributed by atoms with Crippen LogP contribution in [0, 0.1) is 11.7 Å². The number of pyridine rings is 1. The van der Waals surface area contributed by atoms with Gasteiger partial charge in [-0.1, -0.05) is 6.92 Å². The summed E-state index contributed by atoms with van der Waals surface area (Å²) in [6.07, 6.45) is 5.37. The van der Waals surface area contributed by atoms with Gasteiger partial charge in [-0.05, 0) is 30.5 Å². The number of rotatable bonds is 5. The third-order valence-electron chi connectivity index (χ3n) is 2.66. The molecule has 0 saturated heterocycles. The molecule has 0 fully saturated rings. The molecule has 0 spiro atoms. The van der Waals surface area contributed by atoms with Gasteiger partial charge in [-0.15, -0.1) is 0 Å². The van der Waals surface area contributed by atoms with Gasteiger partial charge in [-0.25, -0.2) is 4.39 Å². The number of nitrogens with zero attached hydrogens (tertiary/aromatic N) is 1. The van der Waals surface area contributed by atoms with Crippen LogP contribution in [-0.4, -0.2) is 28.6 Å². The third kappa shape index (κ3) is 4.63. The lowest BCUT2D eigenvalue weighted by molar-refractivity contribution is -0.117. The smallest absolute Gasteiger partial charge is 0.244 e. The van der Waals surface area contributed by atoms with Crippen molar-refractivity contribution in [2.75, 3.05) is 6.61 Å². The molecule has 5 heteroatoms. The van der Waals surface area contributed by atoms with Crippen molar-refractivity contribution in [3.8, 4) is 0 Å². The normalized spacial score (nSPS) is 14.4. The largest absolute Gasteiger partial charge is 0.396 e. The molecule has 1 aromatic heterocycles. The van der Waals surface area contributed by atoms with Crippen molar-refractivity contribution in [1.82, 2.24) is 10.3 Å². The van der Waals surface area contributed by atoms with Crippen LogP contribution < -0.4 is 5.32 Å². The lowest BCUT2D eigenvalue weighted by atomic mass is 10.1. The van der Waals surface area contributed by atoms with E-state index >= 15 is 0 Å². The first kappa shape index (κ1) is 14.3. The van der Waals surface area contributed by atoms with Gasteiger partial charge < -0.3 is 10.4 Å². The molecule has 1 aromatic rings. The Labute approximate surface area is 106 Å². The first-order valence-corrected chi connectivity index (χ1v) is 5.73. The molecule has 0 aromatic carbocycles. The van der Waals surface area contributed by atoms with Crippen LogP contribution in [-0.2, 0) is 4.79 Å². The molecule has 1 heterocycles. The maximum Gasteiger partial charge on any atom is 0.244 e. The zero-order valence-corrected chi connectivity index (χ0v) is 10.4. The van der Waals surface area contributed by atoms with Crippen molar-refractivity contribution in [3.63, 3.8) is 0 Å².